The van der Waals surface area contributed by atoms with Crippen molar-refractivity contribution in [3.05, 3.63) is 47.0 Å². The largest absolute Gasteiger partial charge is 0.507 e. The van der Waals surface area contributed by atoms with Gasteiger partial charge < -0.3 is 15.3 Å². The lowest BCUT2D eigenvalue weighted by molar-refractivity contribution is 0.0694. The molecule has 2 aromatic rings. The number of carboxylic acids is 1. The number of aromatic carboxylic acids is 1. The van der Waals surface area contributed by atoms with Gasteiger partial charge in [-0.3, -0.25) is 0 Å². The van der Waals surface area contributed by atoms with Crippen LogP contribution in [0.4, 0.5) is 0 Å². The second-order valence-corrected chi connectivity index (χ2v) is 4.08. The van der Waals surface area contributed by atoms with Gasteiger partial charge in [-0.15, -0.1) is 0 Å². The predicted octanol–water partition coefficient (Wildman–Crippen LogP) is 3.12. The molecule has 0 saturated carbocycles. The number of aromatic hydroxyl groups is 2. The van der Waals surface area contributed by atoms with E-state index in [1.165, 1.54) is 18.2 Å². The average Bonchev–Trinajstić information content (AvgIpc) is 2.33. The van der Waals surface area contributed by atoms with Crippen molar-refractivity contribution in [3.8, 4) is 22.6 Å². The molecule has 0 fully saturated rings. The van der Waals surface area contributed by atoms with Gasteiger partial charge in [-0.1, -0.05) is 29.8 Å². The Kier molecular flexibility index (Phi) is 3.12. The van der Waals surface area contributed by atoms with Crippen LogP contribution in [0.1, 0.15) is 10.4 Å². The monoisotopic (exact) mass is 264 g/mol. The van der Waals surface area contributed by atoms with Crippen molar-refractivity contribution < 1.29 is 20.1 Å². The highest BCUT2D eigenvalue weighted by Crippen LogP contribution is 2.36. The standard InChI is InChI=1S/C13H9ClO4/c14-10-6-7(5-9(12(10)16)13(17)18)8-3-1-2-4-11(8)15/h1-6,15-16H,(H,17,18). The number of phenols is 2. The maximum absolute atomic E-state index is 11.0. The number of carbonyl (C=O) groups is 1. The third kappa shape index (κ3) is 2.10. The SMILES string of the molecule is O=C(O)c1cc(-c2ccccc2O)cc(Cl)c1O. The van der Waals surface area contributed by atoms with E-state index in [1.54, 1.807) is 18.2 Å². The molecule has 0 aliphatic carbocycles. The van der Waals surface area contributed by atoms with Gasteiger partial charge in [-0.25, -0.2) is 4.79 Å². The molecule has 0 aromatic heterocycles. The normalized spacial score (nSPS) is 10.3. The molecule has 0 saturated heterocycles. The summed E-state index contributed by atoms with van der Waals surface area (Å²) in [6.07, 6.45) is 0. The molecular formula is C13H9ClO4. The molecular weight excluding hydrogens is 256 g/mol. The van der Waals surface area contributed by atoms with Crippen molar-refractivity contribution in [2.75, 3.05) is 0 Å². The fourth-order valence-electron chi connectivity index (χ4n) is 1.64. The van der Waals surface area contributed by atoms with Crippen molar-refractivity contribution in [3.63, 3.8) is 0 Å². The molecule has 0 radical (unpaired) electrons. The highest BCUT2D eigenvalue weighted by Gasteiger charge is 2.16. The third-order valence-electron chi connectivity index (χ3n) is 2.51. The molecule has 0 aliphatic heterocycles. The number of hydrogen-bond donors (Lipinski definition) is 3. The first-order chi connectivity index (χ1) is 8.50. The van der Waals surface area contributed by atoms with E-state index in [-0.39, 0.29) is 16.3 Å². The molecule has 5 heteroatoms. The van der Waals surface area contributed by atoms with Crippen LogP contribution in [0.25, 0.3) is 11.1 Å². The lowest BCUT2D eigenvalue weighted by Gasteiger charge is -2.08. The van der Waals surface area contributed by atoms with Gasteiger partial charge in [0.25, 0.3) is 0 Å². The second-order valence-electron chi connectivity index (χ2n) is 3.68. The Hall–Kier alpha value is -2.20. The molecule has 0 unspecified atom stereocenters. The number of para-hydroxylation sites is 1. The first kappa shape index (κ1) is 12.3. The molecule has 2 aromatic carbocycles. The van der Waals surface area contributed by atoms with Crippen LogP contribution in [0.15, 0.2) is 36.4 Å². The van der Waals surface area contributed by atoms with Gasteiger partial charge in [-0.2, -0.15) is 0 Å². The van der Waals surface area contributed by atoms with E-state index in [0.29, 0.717) is 11.1 Å². The van der Waals surface area contributed by atoms with Gasteiger partial charge in [-0.05, 0) is 23.8 Å². The van der Waals surface area contributed by atoms with Gasteiger partial charge >= 0.3 is 5.97 Å². The minimum Gasteiger partial charge on any atom is -0.507 e. The van der Waals surface area contributed by atoms with Crippen molar-refractivity contribution in [1.29, 1.82) is 0 Å². The van der Waals surface area contributed by atoms with Crippen LogP contribution in [0.3, 0.4) is 0 Å². The molecule has 0 aliphatic rings. The number of halogens is 1. The fraction of sp³-hybridized carbons (Fsp3) is 0. The van der Waals surface area contributed by atoms with Crippen molar-refractivity contribution in [2.24, 2.45) is 0 Å². The van der Waals surface area contributed by atoms with Crippen LogP contribution in [0.5, 0.6) is 11.5 Å². The Bertz CT molecular complexity index is 622. The summed E-state index contributed by atoms with van der Waals surface area (Å²) in [7, 11) is 0. The molecule has 0 spiro atoms. The topological polar surface area (TPSA) is 77.8 Å². The van der Waals surface area contributed by atoms with Crippen LogP contribution in [0, 0.1) is 0 Å². The first-order valence-corrected chi connectivity index (χ1v) is 5.42. The van der Waals surface area contributed by atoms with E-state index in [0.717, 1.165) is 0 Å². The van der Waals surface area contributed by atoms with Gasteiger partial charge in [0.2, 0.25) is 0 Å². The second kappa shape index (κ2) is 4.58. The lowest BCUT2D eigenvalue weighted by atomic mass is 10.0. The summed E-state index contributed by atoms with van der Waals surface area (Å²) in [5.41, 5.74) is 0.566. The first-order valence-electron chi connectivity index (χ1n) is 5.05. The Morgan fingerprint density at radius 2 is 1.78 bits per heavy atom. The number of rotatable bonds is 2. The third-order valence-corrected chi connectivity index (χ3v) is 2.80. The molecule has 3 N–H and O–H groups in total. The Balaban J connectivity index is 2.67. The number of carboxylic acid groups (broad SMARTS) is 1. The average molecular weight is 265 g/mol. The summed E-state index contributed by atoms with van der Waals surface area (Å²) in [4.78, 5) is 11.0. The summed E-state index contributed by atoms with van der Waals surface area (Å²) in [6.45, 7) is 0. The van der Waals surface area contributed by atoms with Crippen LogP contribution in [0.2, 0.25) is 5.02 Å². The zero-order valence-corrected chi connectivity index (χ0v) is 9.85. The molecule has 0 bridgehead atoms. The highest BCUT2D eigenvalue weighted by atomic mass is 35.5. The molecule has 92 valence electrons. The van der Waals surface area contributed by atoms with Crippen molar-refractivity contribution in [2.45, 2.75) is 0 Å². The van der Waals surface area contributed by atoms with Crippen LogP contribution < -0.4 is 0 Å². The van der Waals surface area contributed by atoms with Crippen LogP contribution in [-0.2, 0) is 0 Å². The minimum atomic E-state index is -1.29. The summed E-state index contributed by atoms with van der Waals surface area (Å²) in [6, 6.07) is 9.13. The molecule has 0 amide bonds. The van der Waals surface area contributed by atoms with E-state index in [2.05, 4.69) is 0 Å². The Morgan fingerprint density at radius 3 is 2.39 bits per heavy atom. The Morgan fingerprint density at radius 1 is 1.11 bits per heavy atom. The van der Waals surface area contributed by atoms with Crippen molar-refractivity contribution in [1.82, 2.24) is 0 Å². The molecule has 18 heavy (non-hydrogen) atoms. The van der Waals surface area contributed by atoms with Crippen LogP contribution in [-0.4, -0.2) is 21.3 Å². The van der Waals surface area contributed by atoms with Gasteiger partial charge in [0.1, 0.15) is 17.1 Å². The number of benzene rings is 2. The van der Waals surface area contributed by atoms with E-state index in [1.807, 2.05) is 0 Å². The fourth-order valence-corrected chi connectivity index (χ4v) is 1.85. The zero-order valence-electron chi connectivity index (χ0n) is 9.09. The number of hydrogen-bond acceptors (Lipinski definition) is 3. The molecule has 0 heterocycles. The quantitative estimate of drug-likeness (QED) is 0.779. The molecule has 0 atom stereocenters. The Labute approximate surface area is 108 Å². The highest BCUT2D eigenvalue weighted by molar-refractivity contribution is 6.33. The smallest absolute Gasteiger partial charge is 0.339 e. The maximum atomic E-state index is 11.0. The minimum absolute atomic E-state index is 0.00981. The lowest BCUT2D eigenvalue weighted by Crippen LogP contribution is -1.97. The predicted molar refractivity (Wildman–Crippen MR) is 67.2 cm³/mol. The zero-order chi connectivity index (χ0) is 13.3. The number of phenolic OH excluding ortho intramolecular Hbond substituents is 1. The van der Waals surface area contributed by atoms with E-state index in [9.17, 15) is 15.0 Å². The summed E-state index contributed by atoms with van der Waals surface area (Å²) >= 11 is 5.77. The van der Waals surface area contributed by atoms with Gasteiger partial charge in [0, 0.05) is 5.56 Å². The van der Waals surface area contributed by atoms with Gasteiger partial charge in [0.05, 0.1) is 5.02 Å². The summed E-state index contributed by atoms with van der Waals surface area (Å²) < 4.78 is 0. The molecule has 2 rings (SSSR count). The van der Waals surface area contributed by atoms with E-state index in [4.69, 9.17) is 16.7 Å². The summed E-state index contributed by atoms with van der Waals surface area (Å²) in [5.74, 6) is -1.76. The summed E-state index contributed by atoms with van der Waals surface area (Å²) in [5, 5.41) is 28.1. The maximum Gasteiger partial charge on any atom is 0.339 e. The van der Waals surface area contributed by atoms with Crippen molar-refractivity contribution >= 4 is 17.6 Å². The van der Waals surface area contributed by atoms with E-state index < -0.39 is 11.7 Å². The van der Waals surface area contributed by atoms with Crippen LogP contribution >= 0.6 is 11.6 Å². The molecule has 4 nitrogen and oxygen atoms in total. The van der Waals surface area contributed by atoms with E-state index >= 15 is 0 Å². The van der Waals surface area contributed by atoms with Gasteiger partial charge in [0.15, 0.2) is 0 Å².